The molecule has 0 spiro atoms. The van der Waals surface area contributed by atoms with Gasteiger partial charge in [-0.25, -0.2) is 4.98 Å². The molecule has 0 unspecified atom stereocenters. The number of hydrogen-bond acceptors (Lipinski definition) is 4. The van der Waals surface area contributed by atoms with E-state index in [0.717, 1.165) is 22.8 Å². The van der Waals surface area contributed by atoms with Gasteiger partial charge in [0.25, 0.3) is 0 Å². The molecule has 17 heavy (non-hydrogen) atoms. The van der Waals surface area contributed by atoms with Gasteiger partial charge in [-0.15, -0.1) is 0 Å². The van der Waals surface area contributed by atoms with Crippen LogP contribution in [0.25, 0.3) is 0 Å². The van der Waals surface area contributed by atoms with Crippen molar-refractivity contribution in [3.63, 3.8) is 0 Å². The molecule has 0 aromatic carbocycles. The second-order valence-corrected chi connectivity index (χ2v) is 4.07. The van der Waals surface area contributed by atoms with E-state index in [2.05, 4.69) is 4.98 Å². The highest BCUT2D eigenvalue weighted by Gasteiger charge is 2.10. The highest BCUT2D eigenvalue weighted by atomic mass is 16.3. The van der Waals surface area contributed by atoms with Crippen molar-refractivity contribution in [3.05, 3.63) is 47.5 Å². The fourth-order valence-electron chi connectivity index (χ4n) is 1.77. The molecule has 0 aliphatic heterocycles. The topological polar surface area (TPSA) is 55.3 Å². The number of nitrogens with zero attached hydrogens (tertiary/aromatic N) is 2. The largest absolute Gasteiger partial charge is 0.467 e. The van der Waals surface area contributed by atoms with Crippen molar-refractivity contribution in [2.75, 3.05) is 11.9 Å². The molecule has 2 N–H and O–H groups in total. The Morgan fingerprint density at radius 3 is 2.82 bits per heavy atom. The fourth-order valence-corrected chi connectivity index (χ4v) is 1.77. The summed E-state index contributed by atoms with van der Waals surface area (Å²) in [5.74, 6) is 1.84. The van der Waals surface area contributed by atoms with Gasteiger partial charge in [-0.3, -0.25) is 0 Å². The molecular formula is C13H17N3O. The van der Waals surface area contributed by atoms with Gasteiger partial charge in [0.1, 0.15) is 11.6 Å². The van der Waals surface area contributed by atoms with Crippen molar-refractivity contribution in [2.24, 2.45) is 5.73 Å². The summed E-state index contributed by atoms with van der Waals surface area (Å²) in [6.45, 7) is 3.16. The van der Waals surface area contributed by atoms with Crippen LogP contribution in [0.5, 0.6) is 0 Å². The maximum Gasteiger partial charge on any atom is 0.133 e. The van der Waals surface area contributed by atoms with E-state index in [9.17, 15) is 0 Å². The smallest absolute Gasteiger partial charge is 0.133 e. The van der Waals surface area contributed by atoms with Crippen LogP contribution >= 0.6 is 0 Å². The van der Waals surface area contributed by atoms with E-state index in [0.29, 0.717) is 13.1 Å². The van der Waals surface area contributed by atoms with Gasteiger partial charge < -0.3 is 15.1 Å². The van der Waals surface area contributed by atoms with Gasteiger partial charge in [-0.05, 0) is 25.1 Å². The first-order valence-electron chi connectivity index (χ1n) is 5.61. The zero-order valence-electron chi connectivity index (χ0n) is 10.2. The zero-order chi connectivity index (χ0) is 12.3. The summed E-state index contributed by atoms with van der Waals surface area (Å²) in [4.78, 5) is 6.58. The molecule has 0 aliphatic rings. The van der Waals surface area contributed by atoms with Crippen LogP contribution in [-0.2, 0) is 13.1 Å². The first-order valence-corrected chi connectivity index (χ1v) is 5.61. The lowest BCUT2D eigenvalue weighted by Crippen LogP contribution is -2.20. The average molecular weight is 231 g/mol. The van der Waals surface area contributed by atoms with E-state index >= 15 is 0 Å². The van der Waals surface area contributed by atoms with Crippen LogP contribution in [0.4, 0.5) is 5.82 Å². The molecule has 2 aromatic rings. The summed E-state index contributed by atoms with van der Waals surface area (Å²) in [5, 5.41) is 0. The lowest BCUT2D eigenvalue weighted by Gasteiger charge is -2.20. The maximum atomic E-state index is 5.72. The Morgan fingerprint density at radius 2 is 2.18 bits per heavy atom. The third-order valence-corrected chi connectivity index (χ3v) is 2.65. The molecule has 0 saturated carbocycles. The predicted molar refractivity (Wildman–Crippen MR) is 67.7 cm³/mol. The van der Waals surface area contributed by atoms with Gasteiger partial charge in [-0.1, -0.05) is 6.07 Å². The van der Waals surface area contributed by atoms with Crippen LogP contribution in [0, 0.1) is 6.92 Å². The first-order chi connectivity index (χ1) is 8.20. The van der Waals surface area contributed by atoms with Crippen molar-refractivity contribution in [3.8, 4) is 0 Å². The van der Waals surface area contributed by atoms with Crippen LogP contribution in [0.1, 0.15) is 17.0 Å². The van der Waals surface area contributed by atoms with E-state index in [1.54, 1.807) is 6.26 Å². The normalized spacial score (nSPS) is 10.5. The molecule has 0 amide bonds. The highest BCUT2D eigenvalue weighted by molar-refractivity contribution is 5.47. The van der Waals surface area contributed by atoms with E-state index < -0.39 is 0 Å². The molecular weight excluding hydrogens is 214 g/mol. The molecule has 0 aliphatic carbocycles. The number of furan rings is 1. The number of rotatable bonds is 4. The molecule has 2 heterocycles. The Morgan fingerprint density at radius 1 is 1.35 bits per heavy atom. The summed E-state index contributed by atoms with van der Waals surface area (Å²) in [5.41, 5.74) is 7.76. The lowest BCUT2D eigenvalue weighted by molar-refractivity contribution is 0.506. The highest BCUT2D eigenvalue weighted by Crippen LogP contribution is 2.19. The molecule has 0 saturated heterocycles. The lowest BCUT2D eigenvalue weighted by atomic mass is 10.2. The Labute approximate surface area is 101 Å². The molecule has 4 heteroatoms. The maximum absolute atomic E-state index is 5.72. The number of hydrogen-bond donors (Lipinski definition) is 1. The predicted octanol–water partition coefficient (Wildman–Crippen LogP) is 2.08. The molecule has 0 radical (unpaired) electrons. The zero-order valence-corrected chi connectivity index (χ0v) is 10.2. The molecule has 0 fully saturated rings. The second kappa shape index (κ2) is 5.01. The first kappa shape index (κ1) is 11.7. The summed E-state index contributed by atoms with van der Waals surface area (Å²) < 4.78 is 5.33. The van der Waals surface area contributed by atoms with E-state index in [-0.39, 0.29) is 0 Å². The van der Waals surface area contributed by atoms with Crippen molar-refractivity contribution < 1.29 is 4.42 Å². The number of aromatic nitrogens is 1. The number of anilines is 1. The van der Waals surface area contributed by atoms with Crippen LogP contribution in [0.2, 0.25) is 0 Å². The number of pyridine rings is 1. The van der Waals surface area contributed by atoms with Crippen LogP contribution in [0.15, 0.2) is 34.9 Å². The molecule has 4 nitrogen and oxygen atoms in total. The van der Waals surface area contributed by atoms with Crippen LogP contribution in [0.3, 0.4) is 0 Å². The van der Waals surface area contributed by atoms with Crippen LogP contribution in [-0.4, -0.2) is 12.0 Å². The third-order valence-electron chi connectivity index (χ3n) is 2.65. The minimum Gasteiger partial charge on any atom is -0.467 e. The average Bonchev–Trinajstić information content (AvgIpc) is 2.81. The monoisotopic (exact) mass is 231 g/mol. The molecule has 0 atom stereocenters. The van der Waals surface area contributed by atoms with E-state index in [4.69, 9.17) is 10.2 Å². The quantitative estimate of drug-likeness (QED) is 0.875. The minimum absolute atomic E-state index is 0.491. The molecule has 0 bridgehead atoms. The Kier molecular flexibility index (Phi) is 3.44. The van der Waals surface area contributed by atoms with Crippen molar-refractivity contribution in [2.45, 2.75) is 20.0 Å². The number of nitrogens with two attached hydrogens (primary N) is 1. The van der Waals surface area contributed by atoms with Crippen LogP contribution < -0.4 is 10.6 Å². The summed E-state index contributed by atoms with van der Waals surface area (Å²) in [7, 11) is 1.99. The fraction of sp³-hybridized carbons (Fsp3) is 0.308. The van der Waals surface area contributed by atoms with Gasteiger partial charge in [0.15, 0.2) is 0 Å². The van der Waals surface area contributed by atoms with Gasteiger partial charge in [-0.2, -0.15) is 0 Å². The Balaban J connectivity index is 2.23. The minimum atomic E-state index is 0.491. The summed E-state index contributed by atoms with van der Waals surface area (Å²) >= 11 is 0. The summed E-state index contributed by atoms with van der Waals surface area (Å²) in [6, 6.07) is 7.84. The van der Waals surface area contributed by atoms with E-state index in [1.807, 2.05) is 43.1 Å². The number of aryl methyl sites for hydroxylation is 1. The Hall–Kier alpha value is -1.81. The van der Waals surface area contributed by atoms with Crippen molar-refractivity contribution >= 4 is 5.82 Å². The SMILES string of the molecule is Cc1ccc(CN)c(N(C)Cc2ccco2)n1. The standard InChI is InChI=1S/C13H17N3O/c1-10-5-6-11(8-14)13(15-10)16(2)9-12-4-3-7-17-12/h3-7H,8-9,14H2,1-2H3. The van der Waals surface area contributed by atoms with Gasteiger partial charge in [0.2, 0.25) is 0 Å². The van der Waals surface area contributed by atoms with Crippen molar-refractivity contribution in [1.82, 2.24) is 4.98 Å². The van der Waals surface area contributed by atoms with Gasteiger partial charge in [0, 0.05) is 24.8 Å². The summed E-state index contributed by atoms with van der Waals surface area (Å²) in [6.07, 6.45) is 1.68. The van der Waals surface area contributed by atoms with Gasteiger partial charge in [0.05, 0.1) is 12.8 Å². The van der Waals surface area contributed by atoms with Crippen molar-refractivity contribution in [1.29, 1.82) is 0 Å². The van der Waals surface area contributed by atoms with Gasteiger partial charge >= 0.3 is 0 Å². The third kappa shape index (κ3) is 2.65. The second-order valence-electron chi connectivity index (χ2n) is 4.07. The van der Waals surface area contributed by atoms with E-state index in [1.165, 1.54) is 0 Å². The molecule has 90 valence electrons. The molecule has 2 aromatic heterocycles. The molecule has 2 rings (SSSR count). The Bertz CT molecular complexity index is 479.